The highest BCUT2D eigenvalue weighted by molar-refractivity contribution is 7.80. The Bertz CT molecular complexity index is 234. The molecule has 1 saturated carbocycles. The van der Waals surface area contributed by atoms with Gasteiger partial charge in [0.2, 0.25) is 0 Å². The fourth-order valence-electron chi connectivity index (χ4n) is 1.72. The van der Waals surface area contributed by atoms with Crippen LogP contribution in [-0.4, -0.2) is 11.2 Å². The maximum Gasteiger partial charge on any atom is 0.172 e. The summed E-state index contributed by atoms with van der Waals surface area (Å²) < 4.78 is 0. The maximum atomic E-state index is 5.75. The summed E-state index contributed by atoms with van der Waals surface area (Å²) >= 11 is 4.97. The van der Waals surface area contributed by atoms with Crippen molar-refractivity contribution >= 4 is 17.3 Å². The highest BCUT2D eigenvalue weighted by Gasteiger charge is 2.27. The largest absolute Gasteiger partial charge is 0.385 e. The first-order valence-corrected chi connectivity index (χ1v) is 4.24. The second-order valence-electron chi connectivity index (χ2n) is 2.98. The predicted octanol–water partition coefficient (Wildman–Crippen LogP) is 0.187. The molecule has 3 nitrogen and oxygen atoms in total. The Kier molecular flexibility index (Phi) is 1.49. The molecule has 0 amide bonds. The molecule has 0 aromatic heterocycles. The minimum absolute atomic E-state index is 0.420. The van der Waals surface area contributed by atoms with Crippen LogP contribution in [0.15, 0.2) is 11.4 Å². The van der Waals surface area contributed by atoms with Crippen molar-refractivity contribution in [1.29, 1.82) is 0 Å². The molecule has 1 aliphatic heterocycles. The van der Waals surface area contributed by atoms with Crippen molar-refractivity contribution in [3.8, 4) is 0 Å². The quantitative estimate of drug-likeness (QED) is 0.453. The Labute approximate surface area is 71.0 Å². The molecule has 0 bridgehead atoms. The number of fused-ring (bicyclic) bond motifs is 1. The molecule has 1 fully saturated rings. The predicted molar refractivity (Wildman–Crippen MR) is 47.7 cm³/mol. The first-order chi connectivity index (χ1) is 5.27. The van der Waals surface area contributed by atoms with E-state index < -0.39 is 0 Å². The van der Waals surface area contributed by atoms with Crippen molar-refractivity contribution in [2.24, 2.45) is 5.73 Å². The van der Waals surface area contributed by atoms with E-state index in [1.807, 2.05) is 0 Å². The van der Waals surface area contributed by atoms with Crippen molar-refractivity contribution in [1.82, 2.24) is 10.6 Å². The van der Waals surface area contributed by atoms with E-state index in [-0.39, 0.29) is 0 Å². The summed E-state index contributed by atoms with van der Waals surface area (Å²) in [4.78, 5) is 0. The van der Waals surface area contributed by atoms with Crippen LogP contribution in [0.25, 0.3) is 0 Å². The summed E-state index contributed by atoms with van der Waals surface area (Å²) in [5, 5.41) is 6.78. The van der Waals surface area contributed by atoms with Crippen LogP contribution in [-0.2, 0) is 0 Å². The fraction of sp³-hybridized carbons (Fsp3) is 0.571. The highest BCUT2D eigenvalue weighted by atomic mass is 32.1. The molecule has 1 heterocycles. The molecule has 2 aliphatic rings. The Morgan fingerprint density at radius 2 is 2.36 bits per heavy atom. The summed E-state index contributed by atoms with van der Waals surface area (Å²) in [6.07, 6.45) is 3.50. The lowest BCUT2D eigenvalue weighted by Crippen LogP contribution is -2.48. The third kappa shape index (κ3) is 1.07. The van der Waals surface area contributed by atoms with Gasteiger partial charge in [-0.05, 0) is 37.1 Å². The molecule has 4 N–H and O–H groups in total. The highest BCUT2D eigenvalue weighted by Crippen LogP contribution is 2.27. The van der Waals surface area contributed by atoms with Crippen LogP contribution < -0.4 is 16.4 Å². The van der Waals surface area contributed by atoms with Gasteiger partial charge in [-0.25, -0.2) is 0 Å². The topological polar surface area (TPSA) is 50.1 Å². The molecule has 1 aliphatic carbocycles. The molecule has 0 radical (unpaired) electrons. The van der Waals surface area contributed by atoms with Crippen molar-refractivity contribution in [2.75, 3.05) is 0 Å². The lowest BCUT2D eigenvalue weighted by atomic mass is 10.1. The van der Waals surface area contributed by atoms with Crippen LogP contribution >= 0.6 is 12.2 Å². The first-order valence-electron chi connectivity index (χ1n) is 3.83. The van der Waals surface area contributed by atoms with Crippen LogP contribution in [0.5, 0.6) is 0 Å². The Hall–Kier alpha value is -0.770. The fourth-order valence-corrected chi connectivity index (χ4v) is 1.98. The first kappa shape index (κ1) is 6.91. The summed E-state index contributed by atoms with van der Waals surface area (Å²) in [5.41, 5.74) is 7.06. The molecule has 0 aromatic rings. The van der Waals surface area contributed by atoms with Crippen LogP contribution in [0.4, 0.5) is 0 Å². The van der Waals surface area contributed by atoms with E-state index in [4.69, 9.17) is 18.0 Å². The van der Waals surface area contributed by atoms with Gasteiger partial charge in [-0.15, -0.1) is 0 Å². The van der Waals surface area contributed by atoms with E-state index >= 15 is 0 Å². The second-order valence-corrected chi connectivity index (χ2v) is 3.39. The zero-order valence-corrected chi connectivity index (χ0v) is 7.00. The Balaban J connectivity index is 2.30. The molecule has 4 heteroatoms. The summed E-state index contributed by atoms with van der Waals surface area (Å²) in [7, 11) is 0. The van der Waals surface area contributed by atoms with Crippen molar-refractivity contribution in [3.05, 3.63) is 11.4 Å². The van der Waals surface area contributed by atoms with Gasteiger partial charge in [0.1, 0.15) is 5.82 Å². The minimum Gasteiger partial charge on any atom is -0.385 e. The normalized spacial score (nSPS) is 29.5. The molecule has 1 atom stereocenters. The maximum absolute atomic E-state index is 5.75. The van der Waals surface area contributed by atoms with E-state index in [9.17, 15) is 0 Å². The van der Waals surface area contributed by atoms with Gasteiger partial charge in [0, 0.05) is 0 Å². The van der Waals surface area contributed by atoms with Crippen LogP contribution in [0.1, 0.15) is 19.3 Å². The van der Waals surface area contributed by atoms with Gasteiger partial charge in [-0.3, -0.25) is 0 Å². The molecule has 0 spiro atoms. The zero-order valence-electron chi connectivity index (χ0n) is 6.18. The minimum atomic E-state index is 0.420. The molecular weight excluding hydrogens is 158 g/mol. The van der Waals surface area contributed by atoms with Crippen LogP contribution in [0, 0.1) is 0 Å². The van der Waals surface area contributed by atoms with Gasteiger partial charge in [0.15, 0.2) is 5.11 Å². The molecule has 11 heavy (non-hydrogen) atoms. The molecular formula is C7H11N3S. The molecule has 60 valence electrons. The van der Waals surface area contributed by atoms with Gasteiger partial charge in [-0.2, -0.15) is 0 Å². The third-order valence-electron chi connectivity index (χ3n) is 2.26. The van der Waals surface area contributed by atoms with Gasteiger partial charge < -0.3 is 16.4 Å². The Morgan fingerprint density at radius 3 is 3.18 bits per heavy atom. The van der Waals surface area contributed by atoms with E-state index in [1.54, 1.807) is 0 Å². The smallest absolute Gasteiger partial charge is 0.172 e. The zero-order chi connectivity index (χ0) is 7.84. The molecule has 2 rings (SSSR count). The number of thiocarbonyl (C=S) groups is 1. The van der Waals surface area contributed by atoms with Gasteiger partial charge in [-0.1, -0.05) is 0 Å². The standard InChI is InChI=1S/C7H11N3S/c8-6-4-2-1-3-5(4)9-7(11)10-6/h5H,1-3,8H2,(H2,9,10,11). The number of hydrogen-bond donors (Lipinski definition) is 3. The van der Waals surface area contributed by atoms with Crippen LogP contribution in [0.3, 0.4) is 0 Å². The average Bonchev–Trinajstić information content (AvgIpc) is 2.34. The van der Waals surface area contributed by atoms with Gasteiger partial charge >= 0.3 is 0 Å². The number of hydrogen-bond acceptors (Lipinski definition) is 2. The van der Waals surface area contributed by atoms with E-state index in [0.717, 1.165) is 18.7 Å². The Morgan fingerprint density at radius 1 is 1.55 bits per heavy atom. The SMILES string of the molecule is NC1=C2CCCC2NC(=S)N1. The molecule has 0 aromatic carbocycles. The second kappa shape index (κ2) is 2.37. The summed E-state index contributed by atoms with van der Waals surface area (Å²) in [6, 6.07) is 0.420. The van der Waals surface area contributed by atoms with Crippen molar-refractivity contribution in [2.45, 2.75) is 25.3 Å². The van der Waals surface area contributed by atoms with E-state index in [1.165, 1.54) is 12.0 Å². The van der Waals surface area contributed by atoms with Crippen molar-refractivity contribution < 1.29 is 0 Å². The summed E-state index contributed by atoms with van der Waals surface area (Å²) in [5.74, 6) is 0.774. The van der Waals surface area contributed by atoms with E-state index in [2.05, 4.69) is 10.6 Å². The number of rotatable bonds is 0. The monoisotopic (exact) mass is 169 g/mol. The van der Waals surface area contributed by atoms with Gasteiger partial charge in [0.05, 0.1) is 6.04 Å². The number of nitrogens with one attached hydrogen (secondary N) is 2. The average molecular weight is 169 g/mol. The van der Waals surface area contributed by atoms with Crippen molar-refractivity contribution in [3.63, 3.8) is 0 Å². The number of nitrogens with two attached hydrogens (primary N) is 1. The molecule has 0 saturated heterocycles. The lowest BCUT2D eigenvalue weighted by molar-refractivity contribution is 0.667. The third-order valence-corrected chi connectivity index (χ3v) is 2.48. The summed E-state index contributed by atoms with van der Waals surface area (Å²) in [6.45, 7) is 0. The van der Waals surface area contributed by atoms with Crippen LogP contribution in [0.2, 0.25) is 0 Å². The van der Waals surface area contributed by atoms with E-state index in [0.29, 0.717) is 11.2 Å². The molecule has 1 unspecified atom stereocenters. The lowest BCUT2D eigenvalue weighted by Gasteiger charge is -2.25. The van der Waals surface area contributed by atoms with Gasteiger partial charge in [0.25, 0.3) is 0 Å².